The minimum absolute atomic E-state index is 0.238. The van der Waals surface area contributed by atoms with E-state index in [2.05, 4.69) is 17.0 Å². The molecule has 6 nitrogen and oxygen atoms in total. The molecule has 5 rings (SSSR count). The van der Waals surface area contributed by atoms with Crippen LogP contribution in [0, 0.1) is 25.1 Å². The lowest BCUT2D eigenvalue weighted by Gasteiger charge is -2.39. The van der Waals surface area contributed by atoms with Crippen LogP contribution in [0.5, 0.6) is 5.75 Å². The van der Waals surface area contributed by atoms with E-state index in [1.807, 2.05) is 60.6 Å². The molecule has 44 heavy (non-hydrogen) atoms. The first-order valence-corrected chi connectivity index (χ1v) is 16.0. The second-order valence-corrected chi connectivity index (χ2v) is 13.8. The van der Waals surface area contributed by atoms with Crippen molar-refractivity contribution in [1.29, 1.82) is 0 Å². The molecule has 0 N–H and O–H groups in total. The number of halogens is 1. The van der Waals surface area contributed by atoms with Crippen LogP contribution in [-0.4, -0.2) is 42.4 Å². The number of benzene rings is 2. The Morgan fingerprint density at radius 1 is 0.955 bits per heavy atom. The Balaban J connectivity index is 1.52. The number of nitrogens with zero attached hydrogens (tertiary/aromatic N) is 2. The van der Waals surface area contributed by atoms with Gasteiger partial charge >= 0.3 is 5.97 Å². The zero-order chi connectivity index (χ0) is 31.6. The molecule has 0 bridgehead atoms. The van der Waals surface area contributed by atoms with Gasteiger partial charge in [0.25, 0.3) is 0 Å². The van der Waals surface area contributed by atoms with Crippen LogP contribution in [0.2, 0.25) is 0 Å². The van der Waals surface area contributed by atoms with Crippen LogP contribution < -0.4 is 9.64 Å². The highest BCUT2D eigenvalue weighted by Crippen LogP contribution is 2.55. The largest absolute Gasteiger partial charge is 0.493 e. The lowest BCUT2D eigenvalue weighted by Crippen LogP contribution is -2.38. The first-order valence-electron chi connectivity index (χ1n) is 16.0. The van der Waals surface area contributed by atoms with Gasteiger partial charge in [-0.3, -0.25) is 4.98 Å². The highest BCUT2D eigenvalue weighted by molar-refractivity contribution is 5.88. The molecular weight excluding hydrogens is 555 g/mol. The second-order valence-electron chi connectivity index (χ2n) is 13.8. The minimum atomic E-state index is -0.912. The number of pyridine rings is 1. The summed E-state index contributed by atoms with van der Waals surface area (Å²) in [6.45, 7) is 16.0. The molecule has 0 amide bonds. The zero-order valence-corrected chi connectivity index (χ0v) is 27.3. The molecule has 2 fully saturated rings. The lowest BCUT2D eigenvalue weighted by molar-refractivity contribution is -0.171. The standard InChI is InChI=1S/C37H47FN2O4/c1-24(2)43-35(41)34(44-36(5,6)7)32-26(4)39-25(3)31(33(32)40-21-19-37(17-18-37)20-22-40)28-10-14-30(15-11-28)42-23-16-27-8-12-29(38)13-9-27/h8-15,24,34H,16-23H2,1-7H3/t34-/m0/s1. The second kappa shape index (κ2) is 12.9. The van der Waals surface area contributed by atoms with Crippen LogP contribution in [0.3, 0.4) is 0 Å². The normalized spacial score (nSPS) is 16.7. The third-order valence-corrected chi connectivity index (χ3v) is 8.69. The van der Waals surface area contributed by atoms with E-state index in [0.717, 1.165) is 71.0 Å². The Labute approximate surface area is 261 Å². The fourth-order valence-electron chi connectivity index (χ4n) is 6.24. The van der Waals surface area contributed by atoms with E-state index in [4.69, 9.17) is 19.2 Å². The molecule has 1 atom stereocenters. The molecule has 1 saturated heterocycles. The summed E-state index contributed by atoms with van der Waals surface area (Å²) in [5.41, 5.74) is 6.46. The average molecular weight is 603 g/mol. The number of ether oxygens (including phenoxy) is 3. The smallest absolute Gasteiger partial charge is 0.340 e. The summed E-state index contributed by atoms with van der Waals surface area (Å²) in [4.78, 5) is 21.1. The Morgan fingerprint density at radius 2 is 1.59 bits per heavy atom. The van der Waals surface area contributed by atoms with Gasteiger partial charge in [-0.2, -0.15) is 0 Å². The van der Waals surface area contributed by atoms with Gasteiger partial charge in [0.05, 0.1) is 24.0 Å². The summed E-state index contributed by atoms with van der Waals surface area (Å²) in [7, 11) is 0. The summed E-state index contributed by atoms with van der Waals surface area (Å²) < 4.78 is 31.6. The molecule has 0 unspecified atom stereocenters. The van der Waals surface area contributed by atoms with Crippen molar-refractivity contribution in [3.8, 4) is 16.9 Å². The number of carbonyl (C=O) groups excluding carboxylic acids is 1. The predicted octanol–water partition coefficient (Wildman–Crippen LogP) is 8.31. The average Bonchev–Trinajstić information content (AvgIpc) is 3.71. The van der Waals surface area contributed by atoms with Gasteiger partial charge < -0.3 is 19.1 Å². The predicted molar refractivity (Wildman–Crippen MR) is 173 cm³/mol. The molecular formula is C37H47FN2O4. The van der Waals surface area contributed by atoms with Gasteiger partial charge in [-0.25, -0.2) is 9.18 Å². The Kier molecular flexibility index (Phi) is 9.36. The maximum absolute atomic E-state index is 13.7. The Morgan fingerprint density at radius 3 is 2.16 bits per heavy atom. The summed E-state index contributed by atoms with van der Waals surface area (Å²) in [5, 5.41) is 0. The van der Waals surface area contributed by atoms with Crippen LogP contribution in [0.1, 0.15) is 88.9 Å². The van der Waals surface area contributed by atoms with Gasteiger partial charge in [0, 0.05) is 42.0 Å². The van der Waals surface area contributed by atoms with Crippen molar-refractivity contribution >= 4 is 11.7 Å². The SMILES string of the molecule is Cc1nc(C)c([C@H](OC(C)(C)C)C(=O)OC(C)C)c(N2CCC3(CC2)CC3)c1-c1ccc(OCCc2ccc(F)cc2)cc1. The number of esters is 1. The fraction of sp³-hybridized carbons (Fsp3) is 0.514. The Hall–Kier alpha value is -3.45. The summed E-state index contributed by atoms with van der Waals surface area (Å²) >= 11 is 0. The molecule has 1 aromatic heterocycles. The quantitative estimate of drug-likeness (QED) is 0.218. The molecule has 1 spiro atoms. The highest BCUT2D eigenvalue weighted by Gasteiger charge is 2.45. The van der Waals surface area contributed by atoms with Gasteiger partial charge in [-0.1, -0.05) is 24.3 Å². The van der Waals surface area contributed by atoms with Crippen molar-refractivity contribution in [3.05, 3.63) is 76.9 Å². The van der Waals surface area contributed by atoms with E-state index in [0.29, 0.717) is 18.4 Å². The number of piperidine rings is 1. The van der Waals surface area contributed by atoms with Crippen LogP contribution in [0.25, 0.3) is 11.1 Å². The number of anilines is 1. The third kappa shape index (κ3) is 7.60. The lowest BCUT2D eigenvalue weighted by atomic mass is 9.89. The van der Waals surface area contributed by atoms with Gasteiger partial charge in [0.2, 0.25) is 0 Å². The first-order chi connectivity index (χ1) is 20.8. The van der Waals surface area contributed by atoms with Crippen LogP contribution in [-0.2, 0) is 20.7 Å². The number of carbonyl (C=O) groups is 1. The van der Waals surface area contributed by atoms with Gasteiger partial charge in [-0.15, -0.1) is 0 Å². The van der Waals surface area contributed by atoms with Crippen LogP contribution in [0.4, 0.5) is 10.1 Å². The molecule has 1 aliphatic carbocycles. The zero-order valence-electron chi connectivity index (χ0n) is 27.3. The molecule has 236 valence electrons. The van der Waals surface area contributed by atoms with Crippen molar-refractivity contribution < 1.29 is 23.4 Å². The maximum atomic E-state index is 13.7. The van der Waals surface area contributed by atoms with E-state index in [1.54, 1.807) is 12.1 Å². The summed E-state index contributed by atoms with van der Waals surface area (Å²) in [6, 6.07) is 14.6. The Bertz CT molecular complexity index is 1450. The van der Waals surface area contributed by atoms with Gasteiger partial charge in [0.1, 0.15) is 11.6 Å². The van der Waals surface area contributed by atoms with Crippen LogP contribution >= 0.6 is 0 Å². The highest BCUT2D eigenvalue weighted by atomic mass is 19.1. The molecule has 0 radical (unpaired) electrons. The van der Waals surface area contributed by atoms with Gasteiger partial charge in [-0.05, 0) is 115 Å². The number of rotatable bonds is 10. The first kappa shape index (κ1) is 32.0. The van der Waals surface area contributed by atoms with Crippen molar-refractivity contribution in [2.24, 2.45) is 5.41 Å². The van der Waals surface area contributed by atoms with E-state index in [9.17, 15) is 9.18 Å². The molecule has 1 saturated carbocycles. The molecule has 2 heterocycles. The van der Waals surface area contributed by atoms with E-state index in [1.165, 1.54) is 25.0 Å². The van der Waals surface area contributed by atoms with Gasteiger partial charge in [0.15, 0.2) is 6.10 Å². The number of hydrogen-bond donors (Lipinski definition) is 0. The molecule has 7 heteroatoms. The molecule has 3 aromatic rings. The van der Waals surface area contributed by atoms with Crippen molar-refractivity contribution in [2.45, 2.75) is 98.4 Å². The van der Waals surface area contributed by atoms with E-state index < -0.39 is 17.7 Å². The van der Waals surface area contributed by atoms with E-state index in [-0.39, 0.29) is 11.9 Å². The molecule has 2 aliphatic rings. The summed E-state index contributed by atoms with van der Waals surface area (Å²) in [6.07, 6.45) is 4.43. The van der Waals surface area contributed by atoms with Crippen molar-refractivity contribution in [2.75, 3.05) is 24.6 Å². The maximum Gasteiger partial charge on any atom is 0.340 e. The number of hydrogen-bond acceptors (Lipinski definition) is 6. The van der Waals surface area contributed by atoms with Crippen molar-refractivity contribution in [1.82, 2.24) is 4.98 Å². The number of aromatic nitrogens is 1. The van der Waals surface area contributed by atoms with Crippen molar-refractivity contribution in [3.63, 3.8) is 0 Å². The van der Waals surface area contributed by atoms with Crippen LogP contribution in [0.15, 0.2) is 48.5 Å². The topological polar surface area (TPSA) is 60.9 Å². The number of aryl methyl sites for hydroxylation is 2. The minimum Gasteiger partial charge on any atom is -0.493 e. The fourth-order valence-corrected chi connectivity index (χ4v) is 6.24. The summed E-state index contributed by atoms with van der Waals surface area (Å²) in [5.74, 6) is 0.133. The molecule has 2 aromatic carbocycles. The van der Waals surface area contributed by atoms with E-state index >= 15 is 0 Å². The monoisotopic (exact) mass is 602 g/mol. The molecule has 1 aliphatic heterocycles. The third-order valence-electron chi connectivity index (χ3n) is 8.69.